The lowest BCUT2D eigenvalue weighted by Gasteiger charge is -2.24. The summed E-state index contributed by atoms with van der Waals surface area (Å²) in [5.41, 5.74) is 5.01. The second-order valence-electron chi connectivity index (χ2n) is 12.0. The van der Waals surface area contributed by atoms with Crippen molar-refractivity contribution in [3.63, 3.8) is 0 Å². The van der Waals surface area contributed by atoms with Crippen molar-refractivity contribution in [3.05, 3.63) is 92.6 Å². The number of rotatable bonds is 11. The quantitative estimate of drug-likeness (QED) is 0.174. The van der Waals surface area contributed by atoms with Crippen LogP contribution in [-0.4, -0.2) is 67.4 Å². The summed E-state index contributed by atoms with van der Waals surface area (Å²) in [6.07, 6.45) is 2.95. The second kappa shape index (κ2) is 14.0. The largest absolute Gasteiger partial charge is 0.481 e. The van der Waals surface area contributed by atoms with Crippen molar-refractivity contribution in [2.24, 2.45) is 7.05 Å². The SMILES string of the molecule is COc1nc(-c2cccc(-c3cccc(-c4cc5c(=O)n(C)c(CN[C@H](C)C(=O)O)nn5c4)c3Cl)c2Cl)ccc1CN(C)[C@H]1CCC(=O)N1. The number of hydrogen-bond acceptors (Lipinski definition) is 8. The molecule has 254 valence electrons. The van der Waals surface area contributed by atoms with Gasteiger partial charge in [0.05, 0.1) is 35.6 Å². The third-order valence-electron chi connectivity index (χ3n) is 8.80. The number of aromatic nitrogens is 4. The summed E-state index contributed by atoms with van der Waals surface area (Å²) in [7, 11) is 5.13. The molecule has 0 bridgehead atoms. The smallest absolute Gasteiger partial charge is 0.320 e. The summed E-state index contributed by atoms with van der Waals surface area (Å²) in [5, 5.41) is 20.5. The number of fused-ring (bicyclic) bond motifs is 1. The third-order valence-corrected chi connectivity index (χ3v) is 9.62. The highest BCUT2D eigenvalue weighted by Crippen LogP contribution is 2.42. The predicted octanol–water partition coefficient (Wildman–Crippen LogP) is 4.98. The number of amides is 1. The molecule has 1 saturated heterocycles. The first-order valence-electron chi connectivity index (χ1n) is 15.6. The van der Waals surface area contributed by atoms with Crippen LogP contribution >= 0.6 is 23.2 Å². The summed E-state index contributed by atoms with van der Waals surface area (Å²) >= 11 is 14.1. The number of carboxylic acid groups (broad SMARTS) is 1. The molecule has 6 rings (SSSR count). The van der Waals surface area contributed by atoms with E-state index in [2.05, 4.69) is 20.6 Å². The van der Waals surface area contributed by atoms with Gasteiger partial charge in [0.15, 0.2) is 0 Å². The molecule has 1 aliphatic heterocycles. The van der Waals surface area contributed by atoms with Gasteiger partial charge in [-0.2, -0.15) is 5.10 Å². The van der Waals surface area contributed by atoms with Gasteiger partial charge in [0.25, 0.3) is 5.56 Å². The van der Waals surface area contributed by atoms with Crippen molar-refractivity contribution in [1.82, 2.24) is 34.7 Å². The number of benzene rings is 2. The van der Waals surface area contributed by atoms with E-state index in [9.17, 15) is 19.5 Å². The van der Waals surface area contributed by atoms with Crippen LogP contribution in [0.1, 0.15) is 31.2 Å². The number of carbonyl (C=O) groups excluding carboxylic acids is 1. The van der Waals surface area contributed by atoms with Crippen LogP contribution in [0.3, 0.4) is 0 Å². The number of carboxylic acids is 1. The minimum Gasteiger partial charge on any atom is -0.481 e. The number of carbonyl (C=O) groups is 2. The molecule has 49 heavy (non-hydrogen) atoms. The highest BCUT2D eigenvalue weighted by molar-refractivity contribution is 6.39. The van der Waals surface area contributed by atoms with Crippen molar-refractivity contribution in [3.8, 4) is 39.4 Å². The Hall–Kier alpha value is -4.75. The standard InChI is InChI=1S/C35H35Cl2N7O5/c1-19(35(47)48)38-16-29-41-44-18-21(15-27(44)34(46)43(29)3)22-7-5-8-23(31(22)36)24-9-6-10-25(32(24)37)26-12-11-20(33(39-26)49-4)17-42(2)28-13-14-30(45)40-28/h5-12,15,18-19,28,38H,13-14,16-17H2,1-4H3,(H,40,45)(H,47,48)/t19-,28+/m1/s1. The Kier molecular flexibility index (Phi) is 9.75. The fraction of sp³-hybridized carbons (Fsp3) is 0.286. The fourth-order valence-electron chi connectivity index (χ4n) is 5.93. The highest BCUT2D eigenvalue weighted by Gasteiger charge is 2.25. The first-order chi connectivity index (χ1) is 23.5. The maximum absolute atomic E-state index is 13.2. The molecule has 4 heterocycles. The van der Waals surface area contributed by atoms with Crippen LogP contribution in [0, 0.1) is 0 Å². The second-order valence-corrected chi connectivity index (χ2v) is 12.8. The summed E-state index contributed by atoms with van der Waals surface area (Å²) in [6.45, 7) is 2.15. The van der Waals surface area contributed by atoms with Crippen LogP contribution in [0.2, 0.25) is 10.0 Å². The van der Waals surface area contributed by atoms with Crippen LogP contribution in [0.25, 0.3) is 39.0 Å². The molecule has 3 aromatic heterocycles. The Bertz CT molecular complexity index is 2150. The van der Waals surface area contributed by atoms with Crippen molar-refractivity contribution in [2.75, 3.05) is 14.2 Å². The molecule has 14 heteroatoms. The number of ether oxygens (including phenoxy) is 1. The van der Waals surface area contributed by atoms with Gasteiger partial charge in [0.2, 0.25) is 11.8 Å². The Labute approximate surface area is 292 Å². The Morgan fingerprint density at radius 3 is 2.43 bits per heavy atom. The lowest BCUT2D eigenvalue weighted by atomic mass is 9.97. The Morgan fingerprint density at radius 2 is 1.78 bits per heavy atom. The molecular weight excluding hydrogens is 669 g/mol. The third kappa shape index (κ3) is 6.77. The van der Waals surface area contributed by atoms with E-state index in [4.69, 9.17) is 32.9 Å². The zero-order valence-corrected chi connectivity index (χ0v) is 28.8. The predicted molar refractivity (Wildman–Crippen MR) is 188 cm³/mol. The number of methoxy groups -OCH3 is 1. The van der Waals surface area contributed by atoms with E-state index in [0.717, 1.165) is 12.0 Å². The Morgan fingerprint density at radius 1 is 1.10 bits per heavy atom. The zero-order valence-electron chi connectivity index (χ0n) is 27.3. The van der Waals surface area contributed by atoms with E-state index < -0.39 is 12.0 Å². The summed E-state index contributed by atoms with van der Waals surface area (Å²) < 4.78 is 8.55. The molecule has 0 spiro atoms. The van der Waals surface area contributed by atoms with Gasteiger partial charge in [-0.05, 0) is 32.5 Å². The molecule has 2 aromatic carbocycles. The number of nitrogens with zero attached hydrogens (tertiary/aromatic N) is 5. The van der Waals surface area contributed by atoms with Crippen molar-refractivity contribution >= 4 is 40.6 Å². The molecule has 0 unspecified atom stereocenters. The van der Waals surface area contributed by atoms with Gasteiger partial charge < -0.3 is 15.2 Å². The molecule has 0 saturated carbocycles. The van der Waals surface area contributed by atoms with E-state index in [1.807, 2.05) is 55.6 Å². The molecule has 1 fully saturated rings. The molecule has 0 aliphatic carbocycles. The number of hydrogen-bond donors (Lipinski definition) is 3. The summed E-state index contributed by atoms with van der Waals surface area (Å²) in [5.74, 6) is -0.107. The van der Waals surface area contributed by atoms with E-state index in [1.165, 1.54) is 16.0 Å². The van der Waals surface area contributed by atoms with Crippen LogP contribution in [0.5, 0.6) is 5.88 Å². The maximum Gasteiger partial charge on any atom is 0.320 e. The van der Waals surface area contributed by atoms with Crippen LogP contribution in [-0.2, 0) is 29.7 Å². The molecule has 12 nitrogen and oxygen atoms in total. The minimum absolute atomic E-state index is 0.0374. The average Bonchev–Trinajstić information content (AvgIpc) is 3.72. The molecular formula is C35H35Cl2N7O5. The molecule has 1 aliphatic rings. The van der Waals surface area contributed by atoms with Gasteiger partial charge in [-0.1, -0.05) is 65.7 Å². The highest BCUT2D eigenvalue weighted by atomic mass is 35.5. The molecule has 3 N–H and O–H groups in total. The number of pyridine rings is 1. The molecule has 2 atom stereocenters. The van der Waals surface area contributed by atoms with Gasteiger partial charge in [0, 0.05) is 59.6 Å². The van der Waals surface area contributed by atoms with Crippen LogP contribution in [0.15, 0.2) is 65.6 Å². The number of nitrogens with one attached hydrogen (secondary N) is 2. The van der Waals surface area contributed by atoms with Gasteiger partial charge in [-0.3, -0.25) is 29.2 Å². The van der Waals surface area contributed by atoms with Crippen molar-refractivity contribution in [1.29, 1.82) is 0 Å². The lowest BCUT2D eigenvalue weighted by molar-refractivity contribution is -0.139. The van der Waals surface area contributed by atoms with Crippen molar-refractivity contribution in [2.45, 2.75) is 45.1 Å². The van der Waals surface area contributed by atoms with Crippen molar-refractivity contribution < 1.29 is 19.4 Å². The van der Waals surface area contributed by atoms with E-state index in [1.54, 1.807) is 26.4 Å². The van der Waals surface area contributed by atoms with E-state index >= 15 is 0 Å². The monoisotopic (exact) mass is 703 g/mol. The van der Waals surface area contributed by atoms with Crippen LogP contribution < -0.4 is 20.9 Å². The molecule has 5 aromatic rings. The molecule has 1 amide bonds. The van der Waals surface area contributed by atoms with Gasteiger partial charge in [-0.15, -0.1) is 0 Å². The average molecular weight is 705 g/mol. The summed E-state index contributed by atoms with van der Waals surface area (Å²) in [4.78, 5) is 43.0. The normalized spacial score (nSPS) is 15.2. The Balaban J connectivity index is 1.31. The first kappa shape index (κ1) is 34.1. The van der Waals surface area contributed by atoms with E-state index in [0.29, 0.717) is 73.7 Å². The molecule has 0 radical (unpaired) electrons. The van der Waals surface area contributed by atoms with Gasteiger partial charge >= 0.3 is 5.97 Å². The fourth-order valence-corrected chi connectivity index (χ4v) is 6.59. The zero-order chi connectivity index (χ0) is 35.0. The number of halogens is 2. The number of aliphatic carboxylic acids is 1. The van der Waals surface area contributed by atoms with Gasteiger partial charge in [-0.25, -0.2) is 9.50 Å². The maximum atomic E-state index is 13.2. The van der Waals surface area contributed by atoms with Crippen LogP contribution in [0.4, 0.5) is 0 Å². The minimum atomic E-state index is -1.00. The van der Waals surface area contributed by atoms with E-state index in [-0.39, 0.29) is 24.2 Å². The summed E-state index contributed by atoms with van der Waals surface area (Å²) in [6, 6.07) is 16.0. The van der Waals surface area contributed by atoms with Gasteiger partial charge in [0.1, 0.15) is 17.4 Å². The lowest BCUT2D eigenvalue weighted by Crippen LogP contribution is -2.40. The first-order valence-corrected chi connectivity index (χ1v) is 16.4. The topological polar surface area (TPSA) is 143 Å².